The van der Waals surface area contributed by atoms with E-state index in [0.717, 1.165) is 27.9 Å². The normalized spacial score (nSPS) is 10.1. The molecule has 0 N–H and O–H groups in total. The average Bonchev–Trinajstić information content (AvgIpc) is 2.05. The molecule has 0 bridgehead atoms. The molecule has 1 aromatic rings. The molecule has 1 radical (unpaired) electrons. The first-order chi connectivity index (χ1) is 5.29. The van der Waals surface area contributed by atoms with Gasteiger partial charge in [-0.2, -0.15) is 0 Å². The highest BCUT2D eigenvalue weighted by Gasteiger charge is 2.02. The summed E-state index contributed by atoms with van der Waals surface area (Å²) in [4.78, 5) is 0. The quantitative estimate of drug-likeness (QED) is 0.684. The van der Waals surface area contributed by atoms with Crippen molar-refractivity contribution in [3.63, 3.8) is 0 Å². The van der Waals surface area contributed by atoms with Gasteiger partial charge in [0.05, 0.1) is 0 Å². The van der Waals surface area contributed by atoms with Crippen LogP contribution in [0.2, 0.25) is 5.02 Å². The van der Waals surface area contributed by atoms with Crippen molar-refractivity contribution < 1.29 is 0 Å². The molecule has 0 nitrogen and oxygen atoms in total. The minimum absolute atomic E-state index is 0.813. The van der Waals surface area contributed by atoms with Gasteiger partial charge in [0.2, 0.25) is 0 Å². The number of hydrogen-bond donors (Lipinski definition) is 0. The molecule has 0 aromatic heterocycles. The molecule has 59 valence electrons. The van der Waals surface area contributed by atoms with Crippen LogP contribution < -0.4 is 0 Å². The van der Waals surface area contributed by atoms with E-state index < -0.39 is 0 Å². The third-order valence-corrected chi connectivity index (χ3v) is 2.66. The second-order valence-corrected chi connectivity index (χ2v) is 3.22. The van der Waals surface area contributed by atoms with E-state index in [9.17, 15) is 0 Å². The smallest absolute Gasteiger partial charge is 0.0484 e. The van der Waals surface area contributed by atoms with Crippen molar-refractivity contribution in [1.82, 2.24) is 0 Å². The van der Waals surface area contributed by atoms with Crippen LogP contribution in [0, 0.1) is 6.07 Å². The molecule has 0 spiro atoms. The predicted octanol–water partition coefficient (Wildman–Crippen LogP) is 3.60. The number of hydrogen-bond acceptors (Lipinski definition) is 0. The molecule has 0 heterocycles. The maximum absolute atomic E-state index is 6.05. The van der Waals surface area contributed by atoms with Crippen LogP contribution in [0.15, 0.2) is 12.1 Å². The molecule has 2 heteroatoms. The Hall–Kier alpha value is -0.0100. The Morgan fingerprint density at radius 2 is 2.36 bits per heavy atom. The van der Waals surface area contributed by atoms with Crippen LogP contribution in [0.25, 0.3) is 0 Å². The van der Waals surface area contributed by atoms with Gasteiger partial charge >= 0.3 is 0 Å². The predicted molar refractivity (Wildman–Crippen MR) is 52.3 cm³/mol. The van der Waals surface area contributed by atoms with E-state index in [4.69, 9.17) is 11.6 Å². The largest absolute Gasteiger partial charge is 0.0876 e. The van der Waals surface area contributed by atoms with Crippen molar-refractivity contribution in [3.05, 3.63) is 34.3 Å². The number of rotatable bonds is 2. The maximum atomic E-state index is 6.05. The molecule has 1 rings (SSSR count). The van der Waals surface area contributed by atoms with Crippen LogP contribution in [0.1, 0.15) is 18.1 Å². The Labute approximate surface area is 80.7 Å². The van der Waals surface area contributed by atoms with Gasteiger partial charge in [-0.25, -0.2) is 0 Å². The van der Waals surface area contributed by atoms with E-state index in [0.29, 0.717) is 0 Å². The molecule has 0 aliphatic heterocycles. The molecular weight excluding hydrogens is 223 g/mol. The van der Waals surface area contributed by atoms with Crippen molar-refractivity contribution in [1.29, 1.82) is 0 Å². The van der Waals surface area contributed by atoms with Crippen molar-refractivity contribution in [2.75, 3.05) is 0 Å². The Bertz CT molecular complexity index is 223. The average molecular weight is 233 g/mol. The maximum Gasteiger partial charge on any atom is 0.0484 e. The molecule has 0 aliphatic carbocycles. The molecule has 1 aromatic carbocycles. The lowest BCUT2D eigenvalue weighted by atomic mass is 10.1. The van der Waals surface area contributed by atoms with E-state index in [-0.39, 0.29) is 0 Å². The Balaban J connectivity index is 3.10. The molecule has 0 saturated carbocycles. The zero-order chi connectivity index (χ0) is 8.27. The van der Waals surface area contributed by atoms with Gasteiger partial charge in [0.1, 0.15) is 0 Å². The number of aryl methyl sites for hydroxylation is 1. The molecule has 0 saturated heterocycles. The fraction of sp³-hybridized carbons (Fsp3) is 0.333. The number of benzene rings is 1. The van der Waals surface area contributed by atoms with E-state index >= 15 is 0 Å². The highest BCUT2D eigenvalue weighted by Crippen LogP contribution is 2.22. The highest BCUT2D eigenvalue weighted by atomic mass is 79.9. The minimum atomic E-state index is 0.813. The first-order valence-electron chi connectivity index (χ1n) is 3.53. The first-order valence-corrected chi connectivity index (χ1v) is 5.03. The summed E-state index contributed by atoms with van der Waals surface area (Å²) in [5, 5.41) is 1.67. The SMILES string of the molecule is CCc1[c]ccc(CBr)c1Cl. The molecule has 11 heavy (non-hydrogen) atoms. The third kappa shape index (κ3) is 1.97. The second-order valence-electron chi connectivity index (χ2n) is 2.28. The van der Waals surface area contributed by atoms with Gasteiger partial charge in [-0.3, -0.25) is 0 Å². The molecule has 0 aliphatic rings. The summed E-state index contributed by atoms with van der Waals surface area (Å²) in [7, 11) is 0. The highest BCUT2D eigenvalue weighted by molar-refractivity contribution is 9.08. The van der Waals surface area contributed by atoms with Crippen LogP contribution in [0.5, 0.6) is 0 Å². The van der Waals surface area contributed by atoms with Crippen LogP contribution in [-0.4, -0.2) is 0 Å². The van der Waals surface area contributed by atoms with Gasteiger partial charge in [-0.15, -0.1) is 0 Å². The molecule has 0 amide bonds. The zero-order valence-corrected chi connectivity index (χ0v) is 8.67. The van der Waals surface area contributed by atoms with E-state index in [1.165, 1.54) is 0 Å². The summed E-state index contributed by atoms with van der Waals surface area (Å²) in [6.07, 6.45) is 0.944. The van der Waals surface area contributed by atoms with Crippen molar-refractivity contribution in [2.24, 2.45) is 0 Å². The van der Waals surface area contributed by atoms with Gasteiger partial charge in [-0.05, 0) is 23.6 Å². The summed E-state index contributed by atoms with van der Waals surface area (Å²) < 4.78 is 0. The minimum Gasteiger partial charge on any atom is -0.0876 e. The summed E-state index contributed by atoms with van der Waals surface area (Å²) in [5.74, 6) is 0. The standard InChI is InChI=1S/C9H9BrCl/c1-2-7-4-3-5-8(6-10)9(7)11/h3,5H,2,6H2,1H3. The molecule has 0 fully saturated rings. The Morgan fingerprint density at radius 1 is 1.64 bits per heavy atom. The van der Waals surface area contributed by atoms with Crippen LogP contribution in [0.4, 0.5) is 0 Å². The monoisotopic (exact) mass is 231 g/mol. The number of halogens is 2. The van der Waals surface area contributed by atoms with Gasteiger partial charge in [0.25, 0.3) is 0 Å². The van der Waals surface area contributed by atoms with Gasteiger partial charge in [0, 0.05) is 10.4 Å². The summed E-state index contributed by atoms with van der Waals surface area (Å²) >= 11 is 9.42. The fourth-order valence-corrected chi connectivity index (χ4v) is 1.88. The van der Waals surface area contributed by atoms with Gasteiger partial charge in [-0.1, -0.05) is 46.6 Å². The first kappa shape index (κ1) is 9.08. The van der Waals surface area contributed by atoms with E-state index in [1.54, 1.807) is 0 Å². The van der Waals surface area contributed by atoms with E-state index in [2.05, 4.69) is 28.9 Å². The van der Waals surface area contributed by atoms with E-state index in [1.807, 2.05) is 12.1 Å². The summed E-state index contributed by atoms with van der Waals surface area (Å²) in [6.45, 7) is 2.08. The zero-order valence-electron chi connectivity index (χ0n) is 6.32. The van der Waals surface area contributed by atoms with Crippen LogP contribution in [0.3, 0.4) is 0 Å². The lowest BCUT2D eigenvalue weighted by molar-refractivity contribution is 1.13. The topological polar surface area (TPSA) is 0 Å². The molecular formula is C9H9BrCl. The third-order valence-electron chi connectivity index (χ3n) is 1.59. The lowest BCUT2D eigenvalue weighted by Gasteiger charge is -2.03. The van der Waals surface area contributed by atoms with Gasteiger partial charge in [0.15, 0.2) is 0 Å². The molecule has 0 unspecified atom stereocenters. The Kier molecular flexibility index (Phi) is 3.41. The molecule has 0 atom stereocenters. The van der Waals surface area contributed by atoms with Gasteiger partial charge < -0.3 is 0 Å². The van der Waals surface area contributed by atoms with Crippen molar-refractivity contribution >= 4 is 27.5 Å². The van der Waals surface area contributed by atoms with Crippen LogP contribution in [-0.2, 0) is 11.8 Å². The summed E-state index contributed by atoms with van der Waals surface area (Å²) in [5.41, 5.74) is 2.24. The second kappa shape index (κ2) is 4.13. The van der Waals surface area contributed by atoms with Crippen molar-refractivity contribution in [2.45, 2.75) is 18.7 Å². The lowest BCUT2D eigenvalue weighted by Crippen LogP contribution is -1.87. The fourth-order valence-electron chi connectivity index (χ4n) is 0.934. The van der Waals surface area contributed by atoms with Crippen LogP contribution >= 0.6 is 27.5 Å². The number of alkyl halides is 1. The summed E-state index contributed by atoms with van der Waals surface area (Å²) in [6, 6.07) is 7.01. The Morgan fingerprint density at radius 3 is 2.91 bits per heavy atom. The van der Waals surface area contributed by atoms with Crippen molar-refractivity contribution in [3.8, 4) is 0 Å².